The molecule has 0 saturated heterocycles. The van der Waals surface area contributed by atoms with Gasteiger partial charge in [0.25, 0.3) is 0 Å². The number of benzene rings is 1. The molecular formula is C12H17NO3. The second kappa shape index (κ2) is 6.12. The Morgan fingerprint density at radius 1 is 1.31 bits per heavy atom. The van der Waals surface area contributed by atoms with E-state index in [-0.39, 0.29) is 6.04 Å². The second-order valence-corrected chi connectivity index (χ2v) is 3.56. The summed E-state index contributed by atoms with van der Waals surface area (Å²) in [5.41, 5.74) is 6.81. The molecule has 0 heterocycles. The zero-order valence-corrected chi connectivity index (χ0v) is 9.60. The zero-order chi connectivity index (χ0) is 12.0. The molecule has 0 saturated carbocycles. The molecule has 0 aliphatic heterocycles. The van der Waals surface area contributed by atoms with Gasteiger partial charge in [0.05, 0.1) is 14.2 Å². The zero-order valence-electron chi connectivity index (χ0n) is 9.60. The lowest BCUT2D eigenvalue weighted by Crippen LogP contribution is -2.23. The van der Waals surface area contributed by atoms with E-state index >= 15 is 0 Å². The lowest BCUT2D eigenvalue weighted by Gasteiger charge is -2.11. The molecule has 88 valence electrons. The van der Waals surface area contributed by atoms with Crippen molar-refractivity contribution in [1.29, 1.82) is 0 Å². The summed E-state index contributed by atoms with van der Waals surface area (Å²) in [4.78, 5) is 10.3. The lowest BCUT2D eigenvalue weighted by atomic mass is 10.0. The van der Waals surface area contributed by atoms with Crippen LogP contribution in [0.3, 0.4) is 0 Å². The van der Waals surface area contributed by atoms with Gasteiger partial charge in [-0.15, -0.1) is 0 Å². The maximum absolute atomic E-state index is 10.3. The van der Waals surface area contributed by atoms with Crippen molar-refractivity contribution < 1.29 is 14.3 Å². The molecule has 1 unspecified atom stereocenters. The van der Waals surface area contributed by atoms with E-state index in [1.807, 2.05) is 18.2 Å². The molecule has 0 aliphatic rings. The van der Waals surface area contributed by atoms with Crippen molar-refractivity contribution in [3.05, 3.63) is 23.8 Å². The SMILES string of the molecule is COc1ccc(CC(N)CC=O)cc1OC. The van der Waals surface area contributed by atoms with Gasteiger partial charge in [-0.2, -0.15) is 0 Å². The van der Waals surface area contributed by atoms with E-state index in [0.717, 1.165) is 11.8 Å². The van der Waals surface area contributed by atoms with Crippen LogP contribution in [-0.2, 0) is 11.2 Å². The van der Waals surface area contributed by atoms with Gasteiger partial charge in [-0.1, -0.05) is 6.07 Å². The summed E-state index contributed by atoms with van der Waals surface area (Å²) in [6.07, 6.45) is 1.86. The number of nitrogens with two attached hydrogens (primary N) is 1. The Morgan fingerprint density at radius 2 is 2.00 bits per heavy atom. The highest BCUT2D eigenvalue weighted by Gasteiger charge is 2.07. The van der Waals surface area contributed by atoms with Gasteiger partial charge in [-0.25, -0.2) is 0 Å². The van der Waals surface area contributed by atoms with E-state index in [1.54, 1.807) is 14.2 Å². The van der Waals surface area contributed by atoms with Gasteiger partial charge >= 0.3 is 0 Å². The third kappa shape index (κ3) is 3.24. The molecule has 0 bridgehead atoms. The number of hydrogen-bond donors (Lipinski definition) is 1. The first-order valence-electron chi connectivity index (χ1n) is 5.11. The van der Waals surface area contributed by atoms with Crippen LogP contribution in [0, 0.1) is 0 Å². The molecule has 0 aromatic heterocycles. The standard InChI is InChI=1S/C12H17NO3/c1-15-11-4-3-9(8-12(11)16-2)7-10(13)5-6-14/h3-4,6,8,10H,5,7,13H2,1-2H3. The largest absolute Gasteiger partial charge is 0.493 e. The number of ether oxygens (including phenoxy) is 2. The minimum absolute atomic E-state index is 0.143. The van der Waals surface area contributed by atoms with Gasteiger partial charge in [0.2, 0.25) is 0 Å². The average molecular weight is 223 g/mol. The normalized spacial score (nSPS) is 11.9. The highest BCUT2D eigenvalue weighted by Crippen LogP contribution is 2.27. The first-order chi connectivity index (χ1) is 7.71. The van der Waals surface area contributed by atoms with Gasteiger partial charge < -0.3 is 20.0 Å². The molecule has 1 aromatic rings. The number of carbonyl (C=O) groups is 1. The van der Waals surface area contributed by atoms with Crippen LogP contribution >= 0.6 is 0 Å². The average Bonchev–Trinajstić information content (AvgIpc) is 2.29. The second-order valence-electron chi connectivity index (χ2n) is 3.56. The van der Waals surface area contributed by atoms with E-state index in [9.17, 15) is 4.79 Å². The van der Waals surface area contributed by atoms with Crippen LogP contribution < -0.4 is 15.2 Å². The molecule has 0 radical (unpaired) electrons. The molecular weight excluding hydrogens is 206 g/mol. The fourth-order valence-electron chi connectivity index (χ4n) is 1.52. The molecule has 0 amide bonds. The van der Waals surface area contributed by atoms with E-state index in [2.05, 4.69) is 0 Å². The summed E-state index contributed by atoms with van der Waals surface area (Å²) in [7, 11) is 3.18. The summed E-state index contributed by atoms with van der Waals surface area (Å²) >= 11 is 0. The Bertz CT molecular complexity index is 352. The molecule has 1 atom stereocenters. The van der Waals surface area contributed by atoms with Crippen molar-refractivity contribution in [2.75, 3.05) is 14.2 Å². The monoisotopic (exact) mass is 223 g/mol. The van der Waals surface area contributed by atoms with Crippen LogP contribution in [0.5, 0.6) is 11.5 Å². The van der Waals surface area contributed by atoms with Gasteiger partial charge in [0.15, 0.2) is 11.5 Å². The molecule has 2 N–H and O–H groups in total. The van der Waals surface area contributed by atoms with E-state index in [0.29, 0.717) is 24.3 Å². The predicted molar refractivity (Wildman–Crippen MR) is 61.9 cm³/mol. The molecule has 0 fully saturated rings. The third-order valence-electron chi connectivity index (χ3n) is 2.34. The smallest absolute Gasteiger partial charge is 0.160 e. The number of carbonyl (C=O) groups excluding carboxylic acids is 1. The fourth-order valence-corrected chi connectivity index (χ4v) is 1.52. The Morgan fingerprint density at radius 3 is 2.56 bits per heavy atom. The van der Waals surface area contributed by atoms with Gasteiger partial charge in [0, 0.05) is 12.5 Å². The van der Waals surface area contributed by atoms with Crippen LogP contribution in [0.25, 0.3) is 0 Å². The van der Waals surface area contributed by atoms with Gasteiger partial charge in [-0.3, -0.25) is 0 Å². The highest BCUT2D eigenvalue weighted by molar-refractivity contribution is 5.50. The number of hydrogen-bond acceptors (Lipinski definition) is 4. The van der Waals surface area contributed by atoms with Crippen molar-refractivity contribution in [2.45, 2.75) is 18.9 Å². The van der Waals surface area contributed by atoms with Crippen molar-refractivity contribution in [2.24, 2.45) is 5.73 Å². The van der Waals surface area contributed by atoms with Crippen LogP contribution in [0.1, 0.15) is 12.0 Å². The first-order valence-corrected chi connectivity index (χ1v) is 5.11. The molecule has 1 aromatic carbocycles. The Kier molecular flexibility index (Phi) is 4.79. The molecule has 1 rings (SSSR count). The Balaban J connectivity index is 2.78. The van der Waals surface area contributed by atoms with Gasteiger partial charge in [0.1, 0.15) is 6.29 Å². The maximum atomic E-state index is 10.3. The van der Waals surface area contributed by atoms with Crippen LogP contribution in [0.15, 0.2) is 18.2 Å². The third-order valence-corrected chi connectivity index (χ3v) is 2.34. The molecule has 4 nitrogen and oxygen atoms in total. The highest BCUT2D eigenvalue weighted by atomic mass is 16.5. The minimum Gasteiger partial charge on any atom is -0.493 e. The lowest BCUT2D eigenvalue weighted by molar-refractivity contribution is -0.108. The number of aldehydes is 1. The Labute approximate surface area is 95.3 Å². The van der Waals surface area contributed by atoms with E-state index in [4.69, 9.17) is 15.2 Å². The van der Waals surface area contributed by atoms with Crippen LogP contribution in [0.4, 0.5) is 0 Å². The summed E-state index contributed by atoms with van der Waals surface area (Å²) < 4.78 is 10.3. The van der Waals surface area contributed by atoms with Crippen molar-refractivity contribution >= 4 is 6.29 Å². The van der Waals surface area contributed by atoms with Crippen LogP contribution in [-0.4, -0.2) is 26.5 Å². The quantitative estimate of drug-likeness (QED) is 0.735. The summed E-state index contributed by atoms with van der Waals surface area (Å²) in [6.45, 7) is 0. The minimum atomic E-state index is -0.143. The predicted octanol–water partition coefficient (Wildman–Crippen LogP) is 1.16. The summed E-state index contributed by atoms with van der Waals surface area (Å²) in [5.74, 6) is 1.37. The summed E-state index contributed by atoms with van der Waals surface area (Å²) in [5, 5.41) is 0. The van der Waals surface area contributed by atoms with Crippen LogP contribution in [0.2, 0.25) is 0 Å². The van der Waals surface area contributed by atoms with Crippen molar-refractivity contribution in [1.82, 2.24) is 0 Å². The van der Waals surface area contributed by atoms with Crippen molar-refractivity contribution in [3.63, 3.8) is 0 Å². The number of methoxy groups -OCH3 is 2. The Hall–Kier alpha value is -1.55. The first kappa shape index (κ1) is 12.5. The molecule has 4 heteroatoms. The molecule has 16 heavy (non-hydrogen) atoms. The fraction of sp³-hybridized carbons (Fsp3) is 0.417. The molecule has 0 spiro atoms. The maximum Gasteiger partial charge on any atom is 0.160 e. The molecule has 0 aliphatic carbocycles. The van der Waals surface area contributed by atoms with E-state index in [1.165, 1.54) is 0 Å². The van der Waals surface area contributed by atoms with Crippen molar-refractivity contribution in [3.8, 4) is 11.5 Å². The summed E-state index contributed by atoms with van der Waals surface area (Å²) in [6, 6.07) is 5.49. The van der Waals surface area contributed by atoms with Gasteiger partial charge in [-0.05, 0) is 24.1 Å². The number of rotatable bonds is 6. The topological polar surface area (TPSA) is 61.5 Å². The van der Waals surface area contributed by atoms with E-state index < -0.39 is 0 Å².